The number of nitrogens with one attached hydrogen (secondary N) is 1. The normalized spacial score (nSPS) is 33.9. The van der Waals surface area contributed by atoms with Gasteiger partial charge in [0, 0.05) is 28.9 Å². The van der Waals surface area contributed by atoms with Gasteiger partial charge in [-0.25, -0.2) is 0 Å². The lowest BCUT2D eigenvalue weighted by Crippen LogP contribution is -2.57. The molecule has 0 bridgehead atoms. The Kier molecular flexibility index (Phi) is 5.62. The van der Waals surface area contributed by atoms with Gasteiger partial charge in [0.25, 0.3) is 0 Å². The van der Waals surface area contributed by atoms with Gasteiger partial charge in [-0.2, -0.15) is 0 Å². The highest BCUT2D eigenvalue weighted by atomic mass is 32.2. The molecule has 8 heteroatoms. The Hall–Kier alpha value is -2.81. The molecule has 0 amide bonds. The first kappa shape index (κ1) is 22.6. The molecule has 4 aliphatic heterocycles. The smallest absolute Gasteiger partial charge is 0.211 e. The molecule has 4 aliphatic rings. The van der Waals surface area contributed by atoms with Crippen molar-refractivity contribution in [2.45, 2.75) is 35.2 Å². The summed E-state index contributed by atoms with van der Waals surface area (Å²) in [5.74, 6) is 0.538. The maximum Gasteiger partial charge on any atom is 0.211 e. The van der Waals surface area contributed by atoms with Gasteiger partial charge in [0.1, 0.15) is 11.5 Å². The lowest BCUT2D eigenvalue weighted by atomic mass is 9.79. The van der Waals surface area contributed by atoms with Crippen LogP contribution in [-0.2, 0) is 0 Å². The second-order valence-electron chi connectivity index (χ2n) is 10.1. The van der Waals surface area contributed by atoms with E-state index < -0.39 is 0 Å². The van der Waals surface area contributed by atoms with E-state index in [-0.39, 0.29) is 29.0 Å². The number of amidine groups is 1. The lowest BCUT2D eigenvalue weighted by Gasteiger charge is -2.43. The number of benzene rings is 2. The Morgan fingerprint density at radius 1 is 1.09 bits per heavy atom. The van der Waals surface area contributed by atoms with Gasteiger partial charge < -0.3 is 26.6 Å². The molecule has 2 fully saturated rings. The van der Waals surface area contributed by atoms with Crippen LogP contribution in [0.3, 0.4) is 0 Å². The standard InChI is InChI=1S/C27H32N6OS/c1-32(2)17-13-14-30-27-18(17)21-25(35-27)22-19(26(29)31-21)20(28)23(24(34)15-9-5-3-6-10-15)33(22)16-11-7-4-8-12-16/h3-12,17-19,21-22,25,27,30H,13-14,28H2,1-2H3,(H2,29,31). The molecule has 7 nitrogen and oxygen atoms in total. The van der Waals surface area contributed by atoms with Crippen LogP contribution in [-0.4, -0.2) is 65.9 Å². The third-order valence-electron chi connectivity index (χ3n) is 8.01. The zero-order valence-electron chi connectivity index (χ0n) is 20.0. The van der Waals surface area contributed by atoms with Gasteiger partial charge in [0.05, 0.1) is 28.6 Å². The molecule has 5 N–H and O–H groups in total. The summed E-state index contributed by atoms with van der Waals surface area (Å²) >= 11 is 1.95. The summed E-state index contributed by atoms with van der Waals surface area (Å²) in [5, 5.41) is 4.20. The predicted molar refractivity (Wildman–Crippen MR) is 142 cm³/mol. The fourth-order valence-corrected chi connectivity index (χ4v) is 8.43. The molecule has 2 aromatic rings. The molecule has 4 heterocycles. The number of nitrogens with zero attached hydrogens (tertiary/aromatic N) is 3. The second-order valence-corrected chi connectivity index (χ2v) is 11.4. The molecule has 0 radical (unpaired) electrons. The Bertz CT molecular complexity index is 1180. The Morgan fingerprint density at radius 3 is 2.46 bits per heavy atom. The number of ketones is 1. The van der Waals surface area contributed by atoms with Crippen molar-refractivity contribution in [3.05, 3.63) is 77.6 Å². The molecule has 0 spiro atoms. The molecule has 6 rings (SSSR count). The van der Waals surface area contributed by atoms with E-state index in [0.717, 1.165) is 18.7 Å². The van der Waals surface area contributed by atoms with Gasteiger partial charge in [-0.1, -0.05) is 48.5 Å². The molecule has 7 unspecified atom stereocenters. The van der Waals surface area contributed by atoms with Crippen molar-refractivity contribution in [2.75, 3.05) is 25.5 Å². The number of hydrogen-bond donors (Lipinski definition) is 3. The van der Waals surface area contributed by atoms with Crippen molar-refractivity contribution in [3.8, 4) is 0 Å². The third-order valence-corrected chi connectivity index (χ3v) is 9.65. The van der Waals surface area contributed by atoms with Gasteiger partial charge in [-0.15, -0.1) is 11.8 Å². The van der Waals surface area contributed by atoms with E-state index in [1.807, 2.05) is 60.3 Å². The van der Waals surface area contributed by atoms with E-state index >= 15 is 0 Å². The molecular formula is C27H32N6OS. The number of carbonyl (C=O) groups is 1. The number of carbonyl (C=O) groups excluding carboxylic acids is 1. The Labute approximate surface area is 210 Å². The molecular weight excluding hydrogens is 456 g/mol. The minimum Gasteiger partial charge on any atom is -0.400 e. The number of thioether (sulfide) groups is 1. The highest BCUT2D eigenvalue weighted by Crippen LogP contribution is 2.53. The van der Waals surface area contributed by atoms with Crippen LogP contribution < -0.4 is 21.7 Å². The summed E-state index contributed by atoms with van der Waals surface area (Å²) in [4.78, 5) is 23.5. The van der Waals surface area contributed by atoms with Crippen molar-refractivity contribution in [1.29, 1.82) is 0 Å². The lowest BCUT2D eigenvalue weighted by molar-refractivity contribution is 0.103. The largest absolute Gasteiger partial charge is 0.400 e. The number of anilines is 1. The van der Waals surface area contributed by atoms with E-state index in [1.165, 1.54) is 0 Å². The summed E-state index contributed by atoms with van der Waals surface area (Å²) in [5.41, 5.74) is 16.2. The number of allylic oxidation sites excluding steroid dienone is 1. The van der Waals surface area contributed by atoms with Crippen LogP contribution in [0.5, 0.6) is 0 Å². The van der Waals surface area contributed by atoms with Gasteiger partial charge in [-0.3, -0.25) is 9.79 Å². The summed E-state index contributed by atoms with van der Waals surface area (Å²) in [6.07, 6.45) is 1.09. The molecule has 35 heavy (non-hydrogen) atoms. The van der Waals surface area contributed by atoms with E-state index in [9.17, 15) is 4.79 Å². The summed E-state index contributed by atoms with van der Waals surface area (Å²) in [6.45, 7) is 0.990. The van der Waals surface area contributed by atoms with Crippen LogP contribution >= 0.6 is 11.8 Å². The monoisotopic (exact) mass is 488 g/mol. The third kappa shape index (κ3) is 3.50. The maximum atomic E-state index is 13.9. The number of hydrogen-bond acceptors (Lipinski definition) is 8. The summed E-state index contributed by atoms with van der Waals surface area (Å²) in [7, 11) is 4.32. The number of aliphatic imine (C=N–C) groups is 1. The first-order valence-corrected chi connectivity index (χ1v) is 13.2. The van der Waals surface area contributed by atoms with Crippen molar-refractivity contribution >= 4 is 29.1 Å². The average Bonchev–Trinajstić information content (AvgIpc) is 3.40. The van der Waals surface area contributed by atoms with Crippen molar-refractivity contribution < 1.29 is 4.79 Å². The van der Waals surface area contributed by atoms with Crippen LogP contribution in [0, 0.1) is 11.8 Å². The molecule has 182 valence electrons. The van der Waals surface area contributed by atoms with Crippen molar-refractivity contribution in [1.82, 2.24) is 10.2 Å². The topological polar surface area (TPSA) is 100.0 Å². The van der Waals surface area contributed by atoms with Crippen LogP contribution in [0.2, 0.25) is 0 Å². The molecule has 0 aromatic heterocycles. The zero-order chi connectivity index (χ0) is 24.3. The Balaban J connectivity index is 1.47. The van der Waals surface area contributed by atoms with Gasteiger partial charge in [0.2, 0.25) is 5.78 Å². The number of Topliss-reactive ketones (excluding diaryl/α,β-unsaturated/α-hetero) is 1. The molecule has 0 saturated carbocycles. The second kappa shape index (κ2) is 8.69. The van der Waals surface area contributed by atoms with Gasteiger partial charge in [-0.05, 0) is 39.2 Å². The van der Waals surface area contributed by atoms with Gasteiger partial charge >= 0.3 is 0 Å². The minimum atomic E-state index is -0.287. The maximum absolute atomic E-state index is 13.9. The average molecular weight is 489 g/mol. The highest BCUT2D eigenvalue weighted by Gasteiger charge is 2.60. The zero-order valence-corrected chi connectivity index (χ0v) is 20.9. The number of para-hydroxylation sites is 1. The number of nitrogens with two attached hydrogens (primary N) is 2. The fraction of sp³-hybridized carbons (Fsp3) is 0.407. The quantitative estimate of drug-likeness (QED) is 0.568. The molecule has 2 saturated heterocycles. The van der Waals surface area contributed by atoms with Crippen molar-refractivity contribution in [3.63, 3.8) is 0 Å². The van der Waals surface area contributed by atoms with Gasteiger partial charge in [0.15, 0.2) is 0 Å². The number of piperidine rings is 1. The molecule has 2 aromatic carbocycles. The molecule has 7 atom stereocenters. The van der Waals surface area contributed by atoms with E-state index in [2.05, 4.69) is 41.3 Å². The molecule has 0 aliphatic carbocycles. The van der Waals surface area contributed by atoms with Crippen LogP contribution in [0.1, 0.15) is 16.8 Å². The first-order valence-electron chi connectivity index (χ1n) is 12.3. The number of rotatable bonds is 4. The van der Waals surface area contributed by atoms with Crippen LogP contribution in [0.15, 0.2) is 77.1 Å². The van der Waals surface area contributed by atoms with Crippen LogP contribution in [0.4, 0.5) is 5.69 Å². The van der Waals surface area contributed by atoms with E-state index in [4.69, 9.17) is 16.5 Å². The SMILES string of the molecule is CN(C)C1CCNC2SC3C(N=C(N)C4C(N)=C(C(=O)c5ccccc5)N(c5ccccc5)C43)C21. The number of fused-ring (bicyclic) bond motifs is 5. The van der Waals surface area contributed by atoms with E-state index in [0.29, 0.717) is 40.1 Å². The summed E-state index contributed by atoms with van der Waals surface area (Å²) in [6, 6.07) is 19.9. The van der Waals surface area contributed by atoms with Crippen molar-refractivity contribution in [2.24, 2.45) is 28.3 Å². The minimum absolute atomic E-state index is 0.0663. The highest BCUT2D eigenvalue weighted by molar-refractivity contribution is 8.00. The van der Waals surface area contributed by atoms with Crippen LogP contribution in [0.25, 0.3) is 0 Å². The first-order chi connectivity index (χ1) is 17.0. The van der Waals surface area contributed by atoms with E-state index in [1.54, 1.807) is 0 Å². The Morgan fingerprint density at radius 2 is 1.77 bits per heavy atom. The summed E-state index contributed by atoms with van der Waals surface area (Å²) < 4.78 is 0. The fourth-order valence-electron chi connectivity index (χ4n) is 6.51. The predicted octanol–water partition coefficient (Wildman–Crippen LogP) is 2.27.